The van der Waals surface area contributed by atoms with Gasteiger partial charge in [0, 0.05) is 0 Å². The highest BCUT2D eigenvalue weighted by molar-refractivity contribution is 5.24. The van der Waals surface area contributed by atoms with Gasteiger partial charge in [0.1, 0.15) is 0 Å². The van der Waals surface area contributed by atoms with Crippen LogP contribution in [-0.4, -0.2) is 15.8 Å². The molecule has 0 aromatic heterocycles. The highest BCUT2D eigenvalue weighted by Crippen LogP contribution is 2.39. The second-order valence-electron chi connectivity index (χ2n) is 4.64. The van der Waals surface area contributed by atoms with E-state index in [-0.39, 0.29) is 5.60 Å². The Hall–Kier alpha value is -0.860. The molecule has 0 spiro atoms. The van der Waals surface area contributed by atoms with E-state index in [0.29, 0.717) is 0 Å². The smallest absolute Gasteiger partial charge is 0.0761 e. The summed E-state index contributed by atoms with van der Waals surface area (Å²) in [5.41, 5.74) is 1.83. The summed E-state index contributed by atoms with van der Waals surface area (Å²) in [4.78, 5) is 0. The molecule has 82 valence electrons. The van der Waals surface area contributed by atoms with Crippen molar-refractivity contribution >= 4 is 0 Å². The second kappa shape index (κ2) is 3.95. The number of hydrogen-bond acceptors (Lipinski definition) is 2. The molecule has 0 aliphatic heterocycles. The molecule has 0 saturated heterocycles. The highest BCUT2D eigenvalue weighted by atomic mass is 16.3. The van der Waals surface area contributed by atoms with E-state index in [1.54, 1.807) is 6.92 Å². The van der Waals surface area contributed by atoms with Crippen molar-refractivity contribution in [3.8, 4) is 0 Å². The minimum atomic E-state index is -0.397. The predicted molar refractivity (Wildman–Crippen MR) is 59.6 cm³/mol. The van der Waals surface area contributed by atoms with E-state index < -0.39 is 6.10 Å². The Morgan fingerprint density at radius 1 is 1.27 bits per heavy atom. The molecule has 1 atom stereocenters. The molecule has 1 aliphatic rings. The SMILES string of the molecule is CC(O)c1ccc(CCC2(O)CC2)cc1. The van der Waals surface area contributed by atoms with E-state index in [1.807, 2.05) is 24.3 Å². The molecule has 1 unspecified atom stereocenters. The molecular weight excluding hydrogens is 188 g/mol. The van der Waals surface area contributed by atoms with E-state index >= 15 is 0 Å². The quantitative estimate of drug-likeness (QED) is 0.792. The summed E-state index contributed by atoms with van der Waals surface area (Å²) in [6.45, 7) is 1.77. The number of aliphatic hydroxyl groups excluding tert-OH is 1. The summed E-state index contributed by atoms with van der Waals surface area (Å²) in [6.07, 6.45) is 3.31. The van der Waals surface area contributed by atoms with E-state index in [1.165, 1.54) is 5.56 Å². The Labute approximate surface area is 90.6 Å². The van der Waals surface area contributed by atoms with E-state index in [2.05, 4.69) is 0 Å². The van der Waals surface area contributed by atoms with Gasteiger partial charge in [-0.2, -0.15) is 0 Å². The van der Waals surface area contributed by atoms with Gasteiger partial charge in [-0.25, -0.2) is 0 Å². The van der Waals surface area contributed by atoms with Crippen molar-refractivity contribution in [2.24, 2.45) is 0 Å². The average molecular weight is 206 g/mol. The second-order valence-corrected chi connectivity index (χ2v) is 4.64. The predicted octanol–water partition coefficient (Wildman–Crippen LogP) is 2.20. The Kier molecular flexibility index (Phi) is 2.81. The van der Waals surface area contributed by atoms with Crippen molar-refractivity contribution in [2.75, 3.05) is 0 Å². The minimum Gasteiger partial charge on any atom is -0.390 e. The number of aliphatic hydroxyl groups is 2. The van der Waals surface area contributed by atoms with Gasteiger partial charge in [0.25, 0.3) is 0 Å². The van der Waals surface area contributed by atoms with Crippen LogP contribution in [0.2, 0.25) is 0 Å². The first-order valence-electron chi connectivity index (χ1n) is 5.58. The third kappa shape index (κ3) is 2.80. The number of aryl methyl sites for hydroxylation is 1. The summed E-state index contributed by atoms with van der Waals surface area (Å²) in [5.74, 6) is 0. The summed E-state index contributed by atoms with van der Waals surface area (Å²) >= 11 is 0. The van der Waals surface area contributed by atoms with Crippen molar-refractivity contribution < 1.29 is 10.2 Å². The van der Waals surface area contributed by atoms with Crippen LogP contribution < -0.4 is 0 Å². The van der Waals surface area contributed by atoms with Crippen LogP contribution in [0.1, 0.15) is 43.4 Å². The van der Waals surface area contributed by atoms with E-state index in [4.69, 9.17) is 0 Å². The van der Waals surface area contributed by atoms with Gasteiger partial charge in [0.2, 0.25) is 0 Å². The van der Waals surface area contributed by atoms with Crippen LogP contribution in [0, 0.1) is 0 Å². The molecule has 15 heavy (non-hydrogen) atoms. The number of rotatable bonds is 4. The standard InChI is InChI=1S/C13H18O2/c1-10(14)12-4-2-11(3-5-12)6-7-13(15)8-9-13/h2-5,10,14-15H,6-9H2,1H3. The van der Waals surface area contributed by atoms with E-state index in [0.717, 1.165) is 31.2 Å². The minimum absolute atomic E-state index is 0.358. The molecule has 2 heteroatoms. The first-order chi connectivity index (χ1) is 7.09. The van der Waals surface area contributed by atoms with Crippen molar-refractivity contribution in [1.29, 1.82) is 0 Å². The van der Waals surface area contributed by atoms with Crippen LogP contribution in [0.4, 0.5) is 0 Å². The molecular formula is C13H18O2. The van der Waals surface area contributed by atoms with Crippen LogP contribution in [0.25, 0.3) is 0 Å². The van der Waals surface area contributed by atoms with Gasteiger partial charge >= 0.3 is 0 Å². The van der Waals surface area contributed by atoms with Crippen LogP contribution in [0.15, 0.2) is 24.3 Å². The topological polar surface area (TPSA) is 40.5 Å². The van der Waals surface area contributed by atoms with Crippen molar-refractivity contribution in [3.63, 3.8) is 0 Å². The monoisotopic (exact) mass is 206 g/mol. The molecule has 2 rings (SSSR count). The number of benzene rings is 1. The van der Waals surface area contributed by atoms with Gasteiger partial charge in [-0.05, 0) is 43.7 Å². The molecule has 0 bridgehead atoms. The fourth-order valence-corrected chi connectivity index (χ4v) is 1.73. The molecule has 2 N–H and O–H groups in total. The van der Waals surface area contributed by atoms with Crippen molar-refractivity contribution in [2.45, 2.75) is 44.3 Å². The average Bonchev–Trinajstić information content (AvgIpc) is 2.95. The molecule has 0 heterocycles. The van der Waals surface area contributed by atoms with Gasteiger partial charge in [-0.1, -0.05) is 24.3 Å². The zero-order chi connectivity index (χ0) is 10.9. The van der Waals surface area contributed by atoms with Gasteiger partial charge in [0.05, 0.1) is 11.7 Å². The van der Waals surface area contributed by atoms with Gasteiger partial charge < -0.3 is 10.2 Å². The summed E-state index contributed by atoms with van der Waals surface area (Å²) < 4.78 is 0. The zero-order valence-electron chi connectivity index (χ0n) is 9.11. The largest absolute Gasteiger partial charge is 0.390 e. The first kappa shape index (κ1) is 10.7. The van der Waals surface area contributed by atoms with Crippen molar-refractivity contribution in [3.05, 3.63) is 35.4 Å². The van der Waals surface area contributed by atoms with Crippen LogP contribution in [-0.2, 0) is 6.42 Å². The molecule has 0 amide bonds. The zero-order valence-corrected chi connectivity index (χ0v) is 9.11. The summed E-state index contributed by atoms with van der Waals surface area (Å²) in [6, 6.07) is 7.98. The van der Waals surface area contributed by atoms with Gasteiger partial charge in [0.15, 0.2) is 0 Å². The summed E-state index contributed by atoms with van der Waals surface area (Å²) in [5, 5.41) is 19.0. The van der Waals surface area contributed by atoms with Crippen LogP contribution in [0.5, 0.6) is 0 Å². The van der Waals surface area contributed by atoms with Gasteiger partial charge in [-0.3, -0.25) is 0 Å². The summed E-state index contributed by atoms with van der Waals surface area (Å²) in [7, 11) is 0. The Balaban J connectivity index is 1.92. The maximum atomic E-state index is 9.69. The maximum absolute atomic E-state index is 9.69. The van der Waals surface area contributed by atoms with Crippen LogP contribution >= 0.6 is 0 Å². The fraction of sp³-hybridized carbons (Fsp3) is 0.538. The molecule has 1 aromatic rings. The van der Waals surface area contributed by atoms with Crippen molar-refractivity contribution in [1.82, 2.24) is 0 Å². The van der Waals surface area contributed by atoms with Crippen LogP contribution in [0.3, 0.4) is 0 Å². The lowest BCUT2D eigenvalue weighted by Gasteiger charge is -2.08. The normalized spacial score (nSPS) is 19.9. The lowest BCUT2D eigenvalue weighted by atomic mass is 10.0. The lowest BCUT2D eigenvalue weighted by molar-refractivity contribution is 0.140. The molecule has 1 aromatic carbocycles. The first-order valence-corrected chi connectivity index (χ1v) is 5.58. The van der Waals surface area contributed by atoms with Gasteiger partial charge in [-0.15, -0.1) is 0 Å². The Morgan fingerprint density at radius 3 is 2.33 bits per heavy atom. The maximum Gasteiger partial charge on any atom is 0.0761 e. The molecule has 0 radical (unpaired) electrons. The van der Waals surface area contributed by atoms with E-state index in [9.17, 15) is 10.2 Å². The molecule has 1 aliphatic carbocycles. The third-order valence-electron chi connectivity index (χ3n) is 3.17. The third-order valence-corrected chi connectivity index (χ3v) is 3.17. The molecule has 1 fully saturated rings. The Morgan fingerprint density at radius 2 is 1.87 bits per heavy atom. The Bertz CT molecular complexity index is 323. The number of hydrogen-bond donors (Lipinski definition) is 2. The molecule has 2 nitrogen and oxygen atoms in total. The highest BCUT2D eigenvalue weighted by Gasteiger charge is 2.39. The fourth-order valence-electron chi connectivity index (χ4n) is 1.73. The lowest BCUT2D eigenvalue weighted by Crippen LogP contribution is -2.07. The molecule has 1 saturated carbocycles.